The number of benzene rings is 2. The summed E-state index contributed by atoms with van der Waals surface area (Å²) in [6.45, 7) is 2.95. The molecular formula is C17H20F2N2. The van der Waals surface area contributed by atoms with Gasteiger partial charge >= 0.3 is 0 Å². The van der Waals surface area contributed by atoms with Crippen molar-refractivity contribution in [2.75, 3.05) is 13.6 Å². The summed E-state index contributed by atoms with van der Waals surface area (Å²) in [6.07, 6.45) is 0. The molecule has 0 fully saturated rings. The minimum absolute atomic E-state index is 0.269. The number of aryl methyl sites for hydroxylation is 1. The number of rotatable bonds is 5. The fraction of sp³-hybridized carbons (Fsp3) is 0.294. The Labute approximate surface area is 124 Å². The molecule has 0 aliphatic rings. The lowest BCUT2D eigenvalue weighted by Gasteiger charge is -2.27. The lowest BCUT2D eigenvalue weighted by atomic mass is 10.0. The first-order chi connectivity index (χ1) is 10.0. The quantitative estimate of drug-likeness (QED) is 0.914. The Balaban J connectivity index is 2.18. The molecule has 0 amide bonds. The molecule has 2 aromatic rings. The third-order valence-corrected chi connectivity index (χ3v) is 3.63. The standard InChI is InChI=1S/C17H20F2N2/c1-12-3-5-13(6-4-12)11-21(2)17(10-20)15-8-7-14(18)9-16(15)19/h3-9,17H,10-11,20H2,1-2H3. The van der Waals surface area contributed by atoms with Crippen molar-refractivity contribution >= 4 is 0 Å². The summed E-state index contributed by atoms with van der Waals surface area (Å²) in [7, 11) is 1.89. The second-order valence-corrected chi connectivity index (χ2v) is 5.32. The molecule has 0 heterocycles. The van der Waals surface area contributed by atoms with Crippen LogP contribution in [0.15, 0.2) is 42.5 Å². The molecule has 2 N–H and O–H groups in total. The van der Waals surface area contributed by atoms with Crippen molar-refractivity contribution < 1.29 is 8.78 Å². The van der Waals surface area contributed by atoms with Crippen molar-refractivity contribution in [3.8, 4) is 0 Å². The second-order valence-electron chi connectivity index (χ2n) is 5.32. The Bertz CT molecular complexity index is 596. The highest BCUT2D eigenvalue weighted by molar-refractivity contribution is 5.24. The molecule has 2 nitrogen and oxygen atoms in total. The van der Waals surface area contributed by atoms with Crippen molar-refractivity contribution in [1.29, 1.82) is 0 Å². The van der Waals surface area contributed by atoms with Crippen molar-refractivity contribution in [3.63, 3.8) is 0 Å². The van der Waals surface area contributed by atoms with Crippen LogP contribution in [0.4, 0.5) is 8.78 Å². The summed E-state index contributed by atoms with van der Waals surface area (Å²) in [6, 6.07) is 11.5. The lowest BCUT2D eigenvalue weighted by Crippen LogP contribution is -2.30. The number of hydrogen-bond acceptors (Lipinski definition) is 2. The fourth-order valence-corrected chi connectivity index (χ4v) is 2.41. The van der Waals surface area contributed by atoms with E-state index in [-0.39, 0.29) is 12.6 Å². The molecule has 1 atom stereocenters. The summed E-state index contributed by atoms with van der Waals surface area (Å²) in [4.78, 5) is 1.97. The maximum absolute atomic E-state index is 13.9. The van der Waals surface area contributed by atoms with E-state index in [1.165, 1.54) is 17.7 Å². The number of likely N-dealkylation sites (N-methyl/N-ethyl adjacent to an activating group) is 1. The highest BCUT2D eigenvalue weighted by atomic mass is 19.1. The number of nitrogens with two attached hydrogens (primary N) is 1. The van der Waals surface area contributed by atoms with Gasteiger partial charge in [-0.05, 0) is 25.6 Å². The lowest BCUT2D eigenvalue weighted by molar-refractivity contribution is 0.236. The molecule has 0 bridgehead atoms. The van der Waals surface area contributed by atoms with Gasteiger partial charge in [0.25, 0.3) is 0 Å². The van der Waals surface area contributed by atoms with Crippen LogP contribution in [0.3, 0.4) is 0 Å². The molecule has 0 aliphatic carbocycles. The van der Waals surface area contributed by atoms with Crippen molar-refractivity contribution in [2.45, 2.75) is 19.5 Å². The summed E-state index contributed by atoms with van der Waals surface area (Å²) in [5.41, 5.74) is 8.54. The Morgan fingerprint density at radius 3 is 2.33 bits per heavy atom. The molecule has 2 rings (SSSR count). The third-order valence-electron chi connectivity index (χ3n) is 3.63. The van der Waals surface area contributed by atoms with Gasteiger partial charge in [0.1, 0.15) is 11.6 Å². The summed E-state index contributed by atoms with van der Waals surface area (Å²) in [5, 5.41) is 0. The Kier molecular flexibility index (Phi) is 5.04. The predicted octanol–water partition coefficient (Wildman–Crippen LogP) is 3.41. The summed E-state index contributed by atoms with van der Waals surface area (Å²) < 4.78 is 26.9. The maximum Gasteiger partial charge on any atom is 0.130 e. The Morgan fingerprint density at radius 1 is 1.10 bits per heavy atom. The molecule has 0 aliphatic heterocycles. The molecule has 4 heteroatoms. The van der Waals surface area contributed by atoms with E-state index < -0.39 is 11.6 Å². The molecule has 0 spiro atoms. The van der Waals surface area contributed by atoms with Gasteiger partial charge in [0.15, 0.2) is 0 Å². The molecule has 2 aromatic carbocycles. The minimum atomic E-state index is -0.576. The van der Waals surface area contributed by atoms with Crippen LogP contribution >= 0.6 is 0 Å². The first-order valence-electron chi connectivity index (χ1n) is 6.92. The maximum atomic E-state index is 13.9. The minimum Gasteiger partial charge on any atom is -0.329 e. The van der Waals surface area contributed by atoms with Crippen LogP contribution in [0.2, 0.25) is 0 Å². The second kappa shape index (κ2) is 6.78. The molecule has 112 valence electrons. The van der Waals surface area contributed by atoms with Gasteiger partial charge in [-0.3, -0.25) is 4.90 Å². The Hall–Kier alpha value is -1.78. The van der Waals surface area contributed by atoms with Gasteiger partial charge in [-0.25, -0.2) is 8.78 Å². The molecule has 1 unspecified atom stereocenters. The van der Waals surface area contributed by atoms with E-state index >= 15 is 0 Å². The summed E-state index contributed by atoms with van der Waals surface area (Å²) in [5.74, 6) is -1.13. The van der Waals surface area contributed by atoms with Gasteiger partial charge in [-0.2, -0.15) is 0 Å². The first kappa shape index (κ1) is 15.6. The largest absolute Gasteiger partial charge is 0.329 e. The van der Waals surface area contributed by atoms with Crippen LogP contribution in [-0.2, 0) is 6.54 Å². The first-order valence-corrected chi connectivity index (χ1v) is 6.92. The molecular weight excluding hydrogens is 270 g/mol. The monoisotopic (exact) mass is 290 g/mol. The topological polar surface area (TPSA) is 29.3 Å². The van der Waals surface area contributed by atoms with E-state index in [0.717, 1.165) is 11.6 Å². The molecule has 0 aromatic heterocycles. The molecule has 0 saturated carbocycles. The van der Waals surface area contributed by atoms with Gasteiger partial charge in [0.05, 0.1) is 0 Å². The fourth-order valence-electron chi connectivity index (χ4n) is 2.41. The van der Waals surface area contributed by atoms with Crippen molar-refractivity contribution in [3.05, 3.63) is 70.8 Å². The SMILES string of the molecule is Cc1ccc(CN(C)C(CN)c2ccc(F)cc2F)cc1. The zero-order chi connectivity index (χ0) is 15.4. The van der Waals surface area contributed by atoms with E-state index in [9.17, 15) is 8.78 Å². The third kappa shape index (κ3) is 3.86. The zero-order valence-electron chi connectivity index (χ0n) is 12.3. The smallest absolute Gasteiger partial charge is 0.130 e. The van der Waals surface area contributed by atoms with E-state index in [0.29, 0.717) is 12.1 Å². The Morgan fingerprint density at radius 2 is 1.76 bits per heavy atom. The number of nitrogens with zero attached hydrogens (tertiary/aromatic N) is 1. The highest BCUT2D eigenvalue weighted by Gasteiger charge is 2.19. The van der Waals surface area contributed by atoms with Crippen LogP contribution in [0.5, 0.6) is 0 Å². The molecule has 0 radical (unpaired) electrons. The van der Waals surface area contributed by atoms with Crippen LogP contribution in [-0.4, -0.2) is 18.5 Å². The normalized spacial score (nSPS) is 12.7. The van der Waals surface area contributed by atoms with Gasteiger partial charge in [-0.1, -0.05) is 35.9 Å². The van der Waals surface area contributed by atoms with E-state index in [1.54, 1.807) is 0 Å². The van der Waals surface area contributed by atoms with Crippen molar-refractivity contribution in [1.82, 2.24) is 4.90 Å². The average molecular weight is 290 g/mol. The van der Waals surface area contributed by atoms with Crippen LogP contribution < -0.4 is 5.73 Å². The van der Waals surface area contributed by atoms with Gasteiger partial charge in [0, 0.05) is 30.8 Å². The highest BCUT2D eigenvalue weighted by Crippen LogP contribution is 2.23. The van der Waals surface area contributed by atoms with Gasteiger partial charge in [0.2, 0.25) is 0 Å². The van der Waals surface area contributed by atoms with Crippen LogP contribution in [0, 0.1) is 18.6 Å². The summed E-state index contributed by atoms with van der Waals surface area (Å²) >= 11 is 0. The van der Waals surface area contributed by atoms with E-state index in [4.69, 9.17) is 5.73 Å². The van der Waals surface area contributed by atoms with E-state index in [2.05, 4.69) is 0 Å². The average Bonchev–Trinajstić information content (AvgIpc) is 2.44. The van der Waals surface area contributed by atoms with Crippen molar-refractivity contribution in [2.24, 2.45) is 5.73 Å². The van der Waals surface area contributed by atoms with Crippen LogP contribution in [0.25, 0.3) is 0 Å². The number of hydrogen-bond donors (Lipinski definition) is 1. The predicted molar refractivity (Wildman–Crippen MR) is 80.8 cm³/mol. The van der Waals surface area contributed by atoms with E-state index in [1.807, 2.05) is 43.1 Å². The van der Waals surface area contributed by atoms with Gasteiger partial charge < -0.3 is 5.73 Å². The zero-order valence-corrected chi connectivity index (χ0v) is 12.3. The molecule has 21 heavy (non-hydrogen) atoms. The van der Waals surface area contributed by atoms with Gasteiger partial charge in [-0.15, -0.1) is 0 Å². The number of halogens is 2. The molecule has 0 saturated heterocycles. The van der Waals surface area contributed by atoms with Crippen LogP contribution in [0.1, 0.15) is 22.7 Å².